The lowest BCUT2D eigenvalue weighted by Crippen LogP contribution is -2.36. The zero-order chi connectivity index (χ0) is 18.4. The number of halogens is 1. The smallest absolute Gasteiger partial charge is 0.239 e. The molecule has 0 fully saturated rings. The lowest BCUT2D eigenvalue weighted by atomic mass is 10.3. The average molecular weight is 384 g/mol. The van der Waals surface area contributed by atoms with E-state index in [0.29, 0.717) is 22.0 Å². The quantitative estimate of drug-likeness (QED) is 0.791. The fourth-order valence-corrected chi connectivity index (χ4v) is 3.08. The van der Waals surface area contributed by atoms with Gasteiger partial charge >= 0.3 is 0 Å². The molecule has 1 N–H and O–H groups in total. The first kappa shape index (κ1) is 19.2. The van der Waals surface area contributed by atoms with E-state index in [1.165, 1.54) is 13.2 Å². The standard InChI is InChI=1S/C16H18ClN3O4S/c1-24-15-6-5-13(8-14(15)17)19-16(21)11-20(25(2,22)23)10-12-4-3-7-18-9-12/h3-9H,10-11H2,1-2H3,(H,19,21). The summed E-state index contributed by atoms with van der Waals surface area (Å²) in [5.41, 5.74) is 1.14. The Hall–Kier alpha value is -2.16. The summed E-state index contributed by atoms with van der Waals surface area (Å²) in [5, 5.41) is 2.96. The fraction of sp³-hybridized carbons (Fsp3) is 0.250. The second kappa shape index (κ2) is 8.28. The highest BCUT2D eigenvalue weighted by atomic mass is 35.5. The number of amides is 1. The van der Waals surface area contributed by atoms with Gasteiger partial charge in [-0.15, -0.1) is 0 Å². The predicted molar refractivity (Wildman–Crippen MR) is 96.1 cm³/mol. The van der Waals surface area contributed by atoms with Crippen molar-refractivity contribution < 1.29 is 17.9 Å². The number of carbonyl (C=O) groups excluding carboxylic acids is 1. The molecule has 134 valence electrons. The Morgan fingerprint density at radius 3 is 2.68 bits per heavy atom. The lowest BCUT2D eigenvalue weighted by molar-refractivity contribution is -0.116. The highest BCUT2D eigenvalue weighted by molar-refractivity contribution is 7.88. The van der Waals surface area contributed by atoms with Crippen molar-refractivity contribution >= 4 is 33.2 Å². The molecular formula is C16H18ClN3O4S. The van der Waals surface area contributed by atoms with Gasteiger partial charge in [0.25, 0.3) is 0 Å². The lowest BCUT2D eigenvalue weighted by Gasteiger charge is -2.19. The third-order valence-corrected chi connectivity index (χ3v) is 4.80. The first-order valence-corrected chi connectivity index (χ1v) is 9.49. The summed E-state index contributed by atoms with van der Waals surface area (Å²) < 4.78 is 30.0. The third-order valence-electron chi connectivity index (χ3n) is 3.31. The summed E-state index contributed by atoms with van der Waals surface area (Å²) in [6.45, 7) is -0.263. The average Bonchev–Trinajstić information content (AvgIpc) is 2.54. The fourth-order valence-electron chi connectivity index (χ4n) is 2.09. The van der Waals surface area contributed by atoms with Crippen LogP contribution in [0.25, 0.3) is 0 Å². The van der Waals surface area contributed by atoms with E-state index in [9.17, 15) is 13.2 Å². The minimum atomic E-state index is -3.57. The van der Waals surface area contributed by atoms with Crippen LogP contribution >= 0.6 is 11.6 Å². The van der Waals surface area contributed by atoms with Crippen LogP contribution in [0.3, 0.4) is 0 Å². The number of carbonyl (C=O) groups is 1. The predicted octanol–water partition coefficient (Wildman–Crippen LogP) is 2.14. The Kier molecular flexibility index (Phi) is 6.35. The van der Waals surface area contributed by atoms with E-state index in [1.807, 2.05) is 0 Å². The molecule has 0 aliphatic carbocycles. The van der Waals surface area contributed by atoms with Gasteiger partial charge in [0, 0.05) is 24.6 Å². The van der Waals surface area contributed by atoms with Gasteiger partial charge in [0.15, 0.2) is 0 Å². The maximum absolute atomic E-state index is 12.2. The largest absolute Gasteiger partial charge is 0.495 e. The number of aromatic nitrogens is 1. The first-order chi connectivity index (χ1) is 11.8. The van der Waals surface area contributed by atoms with Crippen LogP contribution in [0.5, 0.6) is 5.75 Å². The van der Waals surface area contributed by atoms with Crippen LogP contribution in [0.4, 0.5) is 5.69 Å². The Bertz CT molecular complexity index is 844. The SMILES string of the molecule is COc1ccc(NC(=O)CN(Cc2cccnc2)S(C)(=O)=O)cc1Cl. The summed E-state index contributed by atoms with van der Waals surface area (Å²) in [4.78, 5) is 16.2. The molecule has 1 aromatic heterocycles. The monoisotopic (exact) mass is 383 g/mol. The number of anilines is 1. The van der Waals surface area contributed by atoms with Gasteiger partial charge in [0.2, 0.25) is 15.9 Å². The third kappa shape index (κ3) is 5.70. The molecule has 1 amide bonds. The molecule has 0 atom stereocenters. The number of methoxy groups -OCH3 is 1. The van der Waals surface area contributed by atoms with E-state index in [0.717, 1.165) is 10.6 Å². The van der Waals surface area contributed by atoms with Crippen LogP contribution in [-0.4, -0.2) is 43.5 Å². The van der Waals surface area contributed by atoms with E-state index in [2.05, 4.69) is 10.3 Å². The van der Waals surface area contributed by atoms with Crippen molar-refractivity contribution in [2.75, 3.05) is 25.2 Å². The van der Waals surface area contributed by atoms with Crippen LogP contribution in [-0.2, 0) is 21.4 Å². The molecule has 0 spiro atoms. The molecule has 2 aromatic rings. The van der Waals surface area contributed by atoms with E-state index < -0.39 is 15.9 Å². The van der Waals surface area contributed by atoms with Crippen LogP contribution in [0.2, 0.25) is 5.02 Å². The number of rotatable bonds is 7. The number of pyridine rings is 1. The zero-order valence-corrected chi connectivity index (χ0v) is 15.3. The molecule has 0 aliphatic rings. The van der Waals surface area contributed by atoms with Crippen LogP contribution in [0.15, 0.2) is 42.7 Å². The molecule has 0 saturated carbocycles. The van der Waals surface area contributed by atoms with Gasteiger partial charge < -0.3 is 10.1 Å². The molecule has 2 rings (SSSR count). The number of nitrogens with zero attached hydrogens (tertiary/aromatic N) is 2. The highest BCUT2D eigenvalue weighted by Crippen LogP contribution is 2.27. The van der Waals surface area contributed by atoms with Crippen molar-refractivity contribution in [1.82, 2.24) is 9.29 Å². The Morgan fingerprint density at radius 1 is 1.36 bits per heavy atom. The first-order valence-electron chi connectivity index (χ1n) is 7.27. The maximum atomic E-state index is 12.2. The van der Waals surface area contributed by atoms with Gasteiger partial charge in [-0.25, -0.2) is 8.42 Å². The molecule has 0 radical (unpaired) electrons. The van der Waals surface area contributed by atoms with Gasteiger partial charge in [0.05, 0.1) is 24.9 Å². The number of nitrogens with one attached hydrogen (secondary N) is 1. The van der Waals surface area contributed by atoms with Gasteiger partial charge in [-0.3, -0.25) is 9.78 Å². The molecule has 0 bridgehead atoms. The van der Waals surface area contributed by atoms with Crippen molar-refractivity contribution in [2.45, 2.75) is 6.54 Å². The number of ether oxygens (including phenoxy) is 1. The van der Waals surface area contributed by atoms with Gasteiger partial charge in [-0.1, -0.05) is 17.7 Å². The molecular weight excluding hydrogens is 366 g/mol. The van der Waals surface area contributed by atoms with Crippen LogP contribution in [0, 0.1) is 0 Å². The Balaban J connectivity index is 2.08. The van der Waals surface area contributed by atoms with Crippen molar-refractivity contribution in [1.29, 1.82) is 0 Å². The van der Waals surface area contributed by atoms with Crippen molar-refractivity contribution in [2.24, 2.45) is 0 Å². The second-order valence-corrected chi connectivity index (χ2v) is 7.68. The summed E-state index contributed by atoms with van der Waals surface area (Å²) in [7, 11) is -2.08. The molecule has 25 heavy (non-hydrogen) atoms. The zero-order valence-electron chi connectivity index (χ0n) is 13.8. The van der Waals surface area contributed by atoms with Crippen molar-refractivity contribution in [3.8, 4) is 5.75 Å². The van der Waals surface area contributed by atoms with Crippen LogP contribution < -0.4 is 10.1 Å². The molecule has 1 aromatic carbocycles. The normalized spacial score (nSPS) is 11.4. The molecule has 0 unspecified atom stereocenters. The summed E-state index contributed by atoms with van der Waals surface area (Å²) in [6.07, 6.45) is 4.20. The molecule has 7 nitrogen and oxygen atoms in total. The minimum Gasteiger partial charge on any atom is -0.495 e. The van der Waals surface area contributed by atoms with Crippen molar-refractivity contribution in [3.63, 3.8) is 0 Å². The van der Waals surface area contributed by atoms with Gasteiger partial charge in [-0.2, -0.15) is 4.31 Å². The Morgan fingerprint density at radius 2 is 2.12 bits per heavy atom. The second-order valence-electron chi connectivity index (χ2n) is 5.29. The molecule has 9 heteroatoms. The molecule has 0 aliphatic heterocycles. The van der Waals surface area contributed by atoms with Gasteiger partial charge in [-0.05, 0) is 29.8 Å². The topological polar surface area (TPSA) is 88.6 Å². The van der Waals surface area contributed by atoms with E-state index in [1.54, 1.807) is 36.7 Å². The van der Waals surface area contributed by atoms with E-state index in [4.69, 9.17) is 16.3 Å². The molecule has 1 heterocycles. The van der Waals surface area contributed by atoms with Gasteiger partial charge in [0.1, 0.15) is 5.75 Å². The number of hydrogen-bond acceptors (Lipinski definition) is 5. The Labute approximate surface area is 151 Å². The molecule has 0 saturated heterocycles. The van der Waals surface area contributed by atoms with E-state index >= 15 is 0 Å². The van der Waals surface area contributed by atoms with Crippen molar-refractivity contribution in [3.05, 3.63) is 53.3 Å². The maximum Gasteiger partial charge on any atom is 0.239 e. The van der Waals surface area contributed by atoms with Crippen LogP contribution in [0.1, 0.15) is 5.56 Å². The number of sulfonamides is 1. The summed E-state index contributed by atoms with van der Waals surface area (Å²) in [6, 6.07) is 8.21. The van der Waals surface area contributed by atoms with E-state index in [-0.39, 0.29) is 13.1 Å². The number of hydrogen-bond donors (Lipinski definition) is 1. The minimum absolute atomic E-state index is 0.0590. The summed E-state index contributed by atoms with van der Waals surface area (Å²) >= 11 is 6.01. The number of benzene rings is 1. The highest BCUT2D eigenvalue weighted by Gasteiger charge is 2.21. The summed E-state index contributed by atoms with van der Waals surface area (Å²) in [5.74, 6) is 0.00422.